The van der Waals surface area contributed by atoms with Crippen LogP contribution < -0.4 is 24.4 Å². The number of nitro benzene ring substituents is 1. The molecular formula is C35H31N5O7S. The fraction of sp³-hybridized carbons (Fsp3) is 0.200. The number of fused-ring (bicyclic) bond motifs is 1. The first-order valence-corrected chi connectivity index (χ1v) is 15.8. The highest BCUT2D eigenvalue weighted by Gasteiger charge is 2.34. The van der Waals surface area contributed by atoms with E-state index in [9.17, 15) is 19.7 Å². The molecule has 1 atom stereocenters. The van der Waals surface area contributed by atoms with Gasteiger partial charge in [0.05, 0.1) is 52.8 Å². The molecule has 0 fully saturated rings. The lowest BCUT2D eigenvalue weighted by atomic mass is 9.96. The van der Waals surface area contributed by atoms with Gasteiger partial charge in [0.25, 0.3) is 5.56 Å². The summed E-state index contributed by atoms with van der Waals surface area (Å²) in [6.07, 6.45) is 3.07. The Morgan fingerprint density at radius 2 is 1.77 bits per heavy atom. The van der Waals surface area contributed by atoms with Gasteiger partial charge >= 0.3 is 11.7 Å². The number of hydrogen-bond donors (Lipinski definition) is 0. The van der Waals surface area contributed by atoms with E-state index in [0.717, 1.165) is 5.69 Å². The molecule has 3 aromatic carbocycles. The Kier molecular flexibility index (Phi) is 8.78. The highest BCUT2D eigenvalue weighted by molar-refractivity contribution is 7.07. The molecular weight excluding hydrogens is 634 g/mol. The number of allylic oxidation sites excluding steroid dienone is 1. The largest absolute Gasteiger partial charge is 0.497 e. The standard InChI is InChI=1S/C35H31N5O7S/c1-20(2)47-34(42)30-21(3)36-35-39(32(30)22-11-14-26(45-4)15-12-22)33(41)29(48-35)18-24-19-38(25-9-7-6-8-10-25)37-31(24)23-13-16-28(46-5)27(17-23)40(43)44/h6-20,32H,1-5H3/b29-18-/t32-/m1/s1. The molecule has 1 aliphatic heterocycles. The van der Waals surface area contributed by atoms with Crippen LogP contribution in [0.2, 0.25) is 0 Å². The molecule has 6 rings (SSSR count). The molecule has 0 saturated carbocycles. The molecule has 0 aliphatic carbocycles. The number of nitrogens with zero attached hydrogens (tertiary/aromatic N) is 5. The summed E-state index contributed by atoms with van der Waals surface area (Å²) in [4.78, 5) is 44.2. The number of carbonyl (C=O) groups excluding carboxylic acids is 1. The third-order valence-corrected chi connectivity index (χ3v) is 8.70. The summed E-state index contributed by atoms with van der Waals surface area (Å²) in [7, 11) is 2.93. The Morgan fingerprint density at radius 1 is 1.04 bits per heavy atom. The van der Waals surface area contributed by atoms with Gasteiger partial charge < -0.3 is 14.2 Å². The van der Waals surface area contributed by atoms with Crippen molar-refractivity contribution in [2.75, 3.05) is 14.2 Å². The number of ether oxygens (including phenoxy) is 3. The summed E-state index contributed by atoms with van der Waals surface area (Å²) in [5.41, 5.74) is 2.96. The zero-order valence-corrected chi connectivity index (χ0v) is 27.6. The number of methoxy groups -OCH3 is 2. The molecule has 0 N–H and O–H groups in total. The molecule has 0 amide bonds. The van der Waals surface area contributed by atoms with E-state index in [1.54, 1.807) is 75.2 Å². The number of benzene rings is 3. The van der Waals surface area contributed by atoms with Crippen LogP contribution in [0.15, 0.2) is 100 Å². The number of carbonyl (C=O) groups is 1. The number of hydrogen-bond acceptors (Lipinski definition) is 10. The first-order valence-electron chi connectivity index (χ1n) is 14.9. The molecule has 13 heteroatoms. The predicted octanol–water partition coefficient (Wildman–Crippen LogP) is 4.96. The second-order valence-electron chi connectivity index (χ2n) is 11.2. The first-order chi connectivity index (χ1) is 23.1. The van der Waals surface area contributed by atoms with Crippen LogP contribution in [0.1, 0.15) is 37.9 Å². The van der Waals surface area contributed by atoms with Crippen molar-refractivity contribution in [1.29, 1.82) is 0 Å². The molecule has 0 spiro atoms. The highest BCUT2D eigenvalue weighted by Crippen LogP contribution is 2.34. The Balaban J connectivity index is 1.56. The predicted molar refractivity (Wildman–Crippen MR) is 180 cm³/mol. The van der Waals surface area contributed by atoms with Crippen LogP contribution in [0.25, 0.3) is 23.0 Å². The summed E-state index contributed by atoms with van der Waals surface area (Å²) in [5, 5.41) is 16.6. The van der Waals surface area contributed by atoms with Crippen molar-refractivity contribution in [2.24, 2.45) is 4.99 Å². The van der Waals surface area contributed by atoms with E-state index in [4.69, 9.17) is 19.3 Å². The minimum absolute atomic E-state index is 0.113. The van der Waals surface area contributed by atoms with Crippen molar-refractivity contribution in [3.8, 4) is 28.4 Å². The SMILES string of the molecule is COc1ccc([C@@H]2C(C(=O)OC(C)C)=C(C)N=c3s/c(=C\c4cn(-c5ccccc5)nc4-c4ccc(OC)c([N+](=O)[O-])c4)c(=O)n32)cc1. The number of esters is 1. The summed E-state index contributed by atoms with van der Waals surface area (Å²) in [5.74, 6) is 0.176. The van der Waals surface area contributed by atoms with E-state index in [2.05, 4.69) is 4.99 Å². The van der Waals surface area contributed by atoms with Gasteiger partial charge in [-0.3, -0.25) is 19.5 Å². The fourth-order valence-electron chi connectivity index (χ4n) is 5.51. The van der Waals surface area contributed by atoms with E-state index in [0.29, 0.717) is 43.2 Å². The van der Waals surface area contributed by atoms with E-state index in [1.807, 2.05) is 30.3 Å². The zero-order chi connectivity index (χ0) is 34.1. The lowest BCUT2D eigenvalue weighted by Gasteiger charge is -2.25. The number of nitro groups is 1. The van der Waals surface area contributed by atoms with Crippen LogP contribution in [0.4, 0.5) is 5.69 Å². The van der Waals surface area contributed by atoms with Crippen molar-refractivity contribution in [2.45, 2.75) is 32.9 Å². The van der Waals surface area contributed by atoms with Gasteiger partial charge in [0.15, 0.2) is 10.6 Å². The summed E-state index contributed by atoms with van der Waals surface area (Å²) >= 11 is 1.17. The van der Waals surface area contributed by atoms with Crippen LogP contribution in [-0.2, 0) is 9.53 Å². The Bertz CT molecular complexity index is 2250. The van der Waals surface area contributed by atoms with Crippen molar-refractivity contribution >= 4 is 29.1 Å². The van der Waals surface area contributed by atoms with Gasteiger partial charge in [-0.15, -0.1) is 0 Å². The van der Waals surface area contributed by atoms with Crippen molar-refractivity contribution in [3.05, 3.63) is 131 Å². The fourth-order valence-corrected chi connectivity index (χ4v) is 6.55. The lowest BCUT2D eigenvalue weighted by molar-refractivity contribution is -0.385. The smallest absolute Gasteiger partial charge is 0.338 e. The summed E-state index contributed by atoms with van der Waals surface area (Å²) < 4.78 is 19.6. The van der Waals surface area contributed by atoms with Gasteiger partial charge in [-0.05, 0) is 68.8 Å². The van der Waals surface area contributed by atoms with E-state index < -0.39 is 16.9 Å². The third-order valence-electron chi connectivity index (χ3n) is 7.71. The molecule has 0 bridgehead atoms. The third kappa shape index (κ3) is 6.02. The molecule has 3 heterocycles. The second kappa shape index (κ2) is 13.1. The second-order valence-corrected chi connectivity index (χ2v) is 12.2. The van der Waals surface area contributed by atoms with E-state index in [1.165, 1.54) is 35.1 Å². The molecule has 48 heavy (non-hydrogen) atoms. The first kappa shape index (κ1) is 32.1. The van der Waals surface area contributed by atoms with Crippen LogP contribution >= 0.6 is 11.3 Å². The summed E-state index contributed by atoms with van der Waals surface area (Å²) in [6, 6.07) is 20.3. The minimum Gasteiger partial charge on any atom is -0.497 e. The molecule has 0 unspecified atom stereocenters. The highest BCUT2D eigenvalue weighted by atomic mass is 32.1. The van der Waals surface area contributed by atoms with E-state index in [-0.39, 0.29) is 28.7 Å². The molecule has 12 nitrogen and oxygen atoms in total. The van der Waals surface area contributed by atoms with Crippen molar-refractivity contribution < 1.29 is 23.9 Å². The molecule has 1 aliphatic rings. The Labute approximate surface area is 278 Å². The van der Waals surface area contributed by atoms with Crippen molar-refractivity contribution in [1.82, 2.24) is 14.3 Å². The minimum atomic E-state index is -0.809. The molecule has 2 aromatic heterocycles. The average Bonchev–Trinajstić information content (AvgIpc) is 3.64. The normalized spacial score (nSPS) is 14.5. The van der Waals surface area contributed by atoms with E-state index >= 15 is 0 Å². The average molecular weight is 666 g/mol. The van der Waals surface area contributed by atoms with Crippen molar-refractivity contribution in [3.63, 3.8) is 0 Å². The maximum absolute atomic E-state index is 14.3. The molecule has 244 valence electrons. The number of para-hydroxylation sites is 1. The Hall–Kier alpha value is -5.82. The van der Waals surface area contributed by atoms with Gasteiger partial charge in [0.1, 0.15) is 11.4 Å². The number of aromatic nitrogens is 3. The monoisotopic (exact) mass is 665 g/mol. The van der Waals surface area contributed by atoms with Crippen LogP contribution in [0.3, 0.4) is 0 Å². The maximum Gasteiger partial charge on any atom is 0.338 e. The summed E-state index contributed by atoms with van der Waals surface area (Å²) in [6.45, 7) is 5.25. The van der Waals surface area contributed by atoms with Crippen LogP contribution in [-0.4, -0.2) is 45.6 Å². The quantitative estimate of drug-likeness (QED) is 0.122. The molecule has 0 radical (unpaired) electrons. The topological polar surface area (TPSA) is 140 Å². The van der Waals surface area contributed by atoms with Gasteiger partial charge in [0, 0.05) is 23.4 Å². The molecule has 5 aromatic rings. The zero-order valence-electron chi connectivity index (χ0n) is 26.7. The van der Waals surface area contributed by atoms with Gasteiger partial charge in [0.2, 0.25) is 0 Å². The van der Waals surface area contributed by atoms with Gasteiger partial charge in [-0.1, -0.05) is 41.7 Å². The van der Waals surface area contributed by atoms with Crippen LogP contribution in [0, 0.1) is 10.1 Å². The number of rotatable bonds is 9. The molecule has 0 saturated heterocycles. The lowest BCUT2D eigenvalue weighted by Crippen LogP contribution is -2.40. The van der Waals surface area contributed by atoms with Gasteiger partial charge in [-0.25, -0.2) is 14.5 Å². The van der Waals surface area contributed by atoms with Gasteiger partial charge in [-0.2, -0.15) is 5.10 Å². The maximum atomic E-state index is 14.3. The Morgan fingerprint density at radius 3 is 2.42 bits per heavy atom. The number of thiazole rings is 1. The van der Waals surface area contributed by atoms with Crippen LogP contribution in [0.5, 0.6) is 11.5 Å².